The summed E-state index contributed by atoms with van der Waals surface area (Å²) >= 11 is 3.39. The highest BCUT2D eigenvalue weighted by molar-refractivity contribution is 9.10. The van der Waals surface area contributed by atoms with Gasteiger partial charge in [-0.05, 0) is 30.3 Å². The highest BCUT2D eigenvalue weighted by Gasteiger charge is 2.13. The molecule has 0 spiro atoms. The standard InChI is InChI=1S/C13H9BrN4O/c14-8-4-5-10(15)9(7-8)13-17-12(18-19-13)11-3-1-2-6-16-11/h1-7H,15H2. The van der Waals surface area contributed by atoms with E-state index in [9.17, 15) is 0 Å². The van der Waals surface area contributed by atoms with E-state index in [0.29, 0.717) is 28.7 Å². The van der Waals surface area contributed by atoms with Crippen molar-refractivity contribution < 1.29 is 4.52 Å². The van der Waals surface area contributed by atoms with Crippen molar-refractivity contribution in [2.24, 2.45) is 0 Å². The van der Waals surface area contributed by atoms with E-state index in [-0.39, 0.29) is 0 Å². The summed E-state index contributed by atoms with van der Waals surface area (Å²) < 4.78 is 6.14. The molecule has 0 saturated carbocycles. The van der Waals surface area contributed by atoms with Crippen molar-refractivity contribution in [1.82, 2.24) is 15.1 Å². The first kappa shape index (κ1) is 11.9. The Hall–Kier alpha value is -2.21. The van der Waals surface area contributed by atoms with Gasteiger partial charge in [0, 0.05) is 16.4 Å². The number of nitrogen functional groups attached to an aromatic ring is 1. The van der Waals surface area contributed by atoms with Crippen molar-refractivity contribution in [1.29, 1.82) is 0 Å². The van der Waals surface area contributed by atoms with E-state index in [1.807, 2.05) is 30.3 Å². The normalized spacial score (nSPS) is 10.6. The largest absolute Gasteiger partial charge is 0.398 e. The number of pyridine rings is 1. The van der Waals surface area contributed by atoms with E-state index in [4.69, 9.17) is 10.3 Å². The minimum absolute atomic E-state index is 0.374. The van der Waals surface area contributed by atoms with Crippen LogP contribution in [0, 0.1) is 0 Å². The van der Waals surface area contributed by atoms with E-state index < -0.39 is 0 Å². The lowest BCUT2D eigenvalue weighted by Crippen LogP contribution is -1.90. The van der Waals surface area contributed by atoms with Gasteiger partial charge in [-0.25, -0.2) is 0 Å². The van der Waals surface area contributed by atoms with Crippen LogP contribution in [0.1, 0.15) is 0 Å². The average Bonchev–Trinajstić information content (AvgIpc) is 2.92. The molecule has 3 aromatic rings. The van der Waals surface area contributed by atoms with Crippen molar-refractivity contribution >= 4 is 21.6 Å². The van der Waals surface area contributed by atoms with Gasteiger partial charge in [0.05, 0.1) is 5.56 Å². The van der Waals surface area contributed by atoms with Gasteiger partial charge in [0.15, 0.2) is 0 Å². The molecule has 0 aliphatic heterocycles. The summed E-state index contributed by atoms with van der Waals surface area (Å²) in [5.41, 5.74) is 7.84. The molecule has 3 rings (SSSR count). The zero-order valence-electron chi connectivity index (χ0n) is 9.75. The Morgan fingerprint density at radius 3 is 2.84 bits per heavy atom. The molecule has 0 aliphatic carbocycles. The molecule has 94 valence electrons. The van der Waals surface area contributed by atoms with Crippen LogP contribution in [0.25, 0.3) is 23.0 Å². The summed E-state index contributed by atoms with van der Waals surface area (Å²) in [6.45, 7) is 0. The number of rotatable bonds is 2. The molecule has 0 bridgehead atoms. The van der Waals surface area contributed by atoms with Gasteiger partial charge in [0.25, 0.3) is 5.89 Å². The number of hydrogen-bond donors (Lipinski definition) is 1. The number of aromatic nitrogens is 3. The molecule has 19 heavy (non-hydrogen) atoms. The number of hydrogen-bond acceptors (Lipinski definition) is 5. The predicted molar refractivity (Wildman–Crippen MR) is 75.1 cm³/mol. The second kappa shape index (κ2) is 4.81. The molecule has 2 aromatic heterocycles. The third kappa shape index (κ3) is 2.34. The molecule has 0 unspecified atom stereocenters. The lowest BCUT2D eigenvalue weighted by molar-refractivity contribution is 0.432. The van der Waals surface area contributed by atoms with Gasteiger partial charge >= 0.3 is 0 Å². The van der Waals surface area contributed by atoms with Crippen LogP contribution >= 0.6 is 15.9 Å². The van der Waals surface area contributed by atoms with E-state index in [2.05, 4.69) is 31.1 Å². The Bertz CT molecular complexity index is 712. The number of halogens is 1. The lowest BCUT2D eigenvalue weighted by Gasteiger charge is -2.00. The molecule has 0 amide bonds. The smallest absolute Gasteiger partial charge is 0.260 e. The molecule has 1 aromatic carbocycles. The predicted octanol–water partition coefficient (Wildman–Crippen LogP) is 3.14. The number of benzene rings is 1. The van der Waals surface area contributed by atoms with E-state index in [1.165, 1.54) is 0 Å². The molecule has 0 radical (unpaired) electrons. The highest BCUT2D eigenvalue weighted by atomic mass is 79.9. The fourth-order valence-corrected chi connectivity index (χ4v) is 2.01. The quantitative estimate of drug-likeness (QED) is 0.735. The first-order valence-corrected chi connectivity index (χ1v) is 6.34. The van der Waals surface area contributed by atoms with Gasteiger partial charge in [-0.2, -0.15) is 4.98 Å². The number of nitrogens with two attached hydrogens (primary N) is 1. The molecule has 0 aliphatic rings. The molecule has 2 heterocycles. The topological polar surface area (TPSA) is 77.8 Å². The maximum absolute atomic E-state index is 5.91. The summed E-state index contributed by atoms with van der Waals surface area (Å²) in [6, 6.07) is 11.0. The fourth-order valence-electron chi connectivity index (χ4n) is 1.65. The van der Waals surface area contributed by atoms with Crippen molar-refractivity contribution in [2.75, 3.05) is 5.73 Å². The summed E-state index contributed by atoms with van der Waals surface area (Å²) in [5, 5.41) is 3.91. The van der Waals surface area contributed by atoms with Crippen LogP contribution in [0.15, 0.2) is 51.6 Å². The van der Waals surface area contributed by atoms with Gasteiger partial charge in [0.1, 0.15) is 5.69 Å². The second-order valence-electron chi connectivity index (χ2n) is 3.87. The van der Waals surface area contributed by atoms with E-state index in [0.717, 1.165) is 4.47 Å². The second-order valence-corrected chi connectivity index (χ2v) is 4.79. The Kier molecular flexibility index (Phi) is 3.00. The molecular formula is C13H9BrN4O. The fraction of sp³-hybridized carbons (Fsp3) is 0. The molecule has 5 nitrogen and oxygen atoms in total. The van der Waals surface area contributed by atoms with Crippen LogP contribution in [0.3, 0.4) is 0 Å². The van der Waals surface area contributed by atoms with Gasteiger partial charge < -0.3 is 10.3 Å². The third-order valence-corrected chi connectivity index (χ3v) is 3.06. The van der Waals surface area contributed by atoms with Gasteiger partial charge in [-0.1, -0.05) is 27.2 Å². The summed E-state index contributed by atoms with van der Waals surface area (Å²) in [4.78, 5) is 8.48. The van der Waals surface area contributed by atoms with E-state index in [1.54, 1.807) is 12.3 Å². The Labute approximate surface area is 117 Å². The van der Waals surface area contributed by atoms with Gasteiger partial charge in [0.2, 0.25) is 5.82 Å². The monoisotopic (exact) mass is 316 g/mol. The lowest BCUT2D eigenvalue weighted by atomic mass is 10.2. The highest BCUT2D eigenvalue weighted by Crippen LogP contribution is 2.28. The number of anilines is 1. The summed E-state index contributed by atoms with van der Waals surface area (Å²) in [5.74, 6) is 0.814. The first-order chi connectivity index (χ1) is 9.24. The Balaban J connectivity index is 2.04. The van der Waals surface area contributed by atoms with Crippen molar-refractivity contribution in [2.45, 2.75) is 0 Å². The van der Waals surface area contributed by atoms with Crippen LogP contribution in [-0.4, -0.2) is 15.1 Å². The van der Waals surface area contributed by atoms with Crippen LogP contribution in [-0.2, 0) is 0 Å². The number of nitrogens with zero attached hydrogens (tertiary/aromatic N) is 3. The maximum Gasteiger partial charge on any atom is 0.260 e. The molecule has 2 N–H and O–H groups in total. The zero-order valence-corrected chi connectivity index (χ0v) is 11.3. The molecule has 0 saturated heterocycles. The summed E-state index contributed by atoms with van der Waals surface area (Å²) in [7, 11) is 0. The molecule has 0 atom stereocenters. The maximum atomic E-state index is 5.91. The van der Waals surface area contributed by atoms with Crippen molar-refractivity contribution in [3.05, 3.63) is 47.1 Å². The Morgan fingerprint density at radius 1 is 1.16 bits per heavy atom. The first-order valence-electron chi connectivity index (χ1n) is 5.54. The molecule has 0 fully saturated rings. The third-order valence-electron chi connectivity index (χ3n) is 2.57. The van der Waals surface area contributed by atoms with Crippen LogP contribution < -0.4 is 5.73 Å². The van der Waals surface area contributed by atoms with Crippen molar-refractivity contribution in [3.8, 4) is 23.0 Å². The zero-order chi connectivity index (χ0) is 13.2. The van der Waals surface area contributed by atoms with Gasteiger partial charge in [-0.3, -0.25) is 4.98 Å². The van der Waals surface area contributed by atoms with Crippen LogP contribution in [0.2, 0.25) is 0 Å². The minimum Gasteiger partial charge on any atom is -0.398 e. The van der Waals surface area contributed by atoms with Gasteiger partial charge in [-0.15, -0.1) is 0 Å². The van der Waals surface area contributed by atoms with E-state index >= 15 is 0 Å². The van der Waals surface area contributed by atoms with Crippen molar-refractivity contribution in [3.63, 3.8) is 0 Å². The minimum atomic E-state index is 0.374. The SMILES string of the molecule is Nc1ccc(Br)cc1-c1nc(-c2ccccn2)no1. The Morgan fingerprint density at radius 2 is 2.05 bits per heavy atom. The average molecular weight is 317 g/mol. The van der Waals surface area contributed by atoms with Crippen LogP contribution in [0.4, 0.5) is 5.69 Å². The molecular weight excluding hydrogens is 308 g/mol. The molecule has 6 heteroatoms. The summed E-state index contributed by atoms with van der Waals surface area (Å²) in [6.07, 6.45) is 1.68. The van der Waals surface area contributed by atoms with Crippen LogP contribution in [0.5, 0.6) is 0 Å².